The van der Waals surface area contributed by atoms with Crippen LogP contribution >= 0.6 is 0 Å². The summed E-state index contributed by atoms with van der Waals surface area (Å²) in [4.78, 5) is 10.8. The Balaban J connectivity index is 4.13. The Labute approximate surface area is 60.6 Å². The van der Waals surface area contributed by atoms with Gasteiger partial charge in [-0.05, 0) is 13.8 Å². The molecule has 0 aromatic heterocycles. The van der Waals surface area contributed by atoms with Crippen LogP contribution in [0.2, 0.25) is 0 Å². The van der Waals surface area contributed by atoms with Crippen molar-refractivity contribution in [2.24, 2.45) is 5.41 Å². The molecule has 0 aliphatic rings. The van der Waals surface area contributed by atoms with Crippen LogP contribution in [0.1, 0.15) is 13.8 Å². The molecule has 0 radical (unpaired) electrons. The molecule has 0 aliphatic heterocycles. The number of nitrogens with zero attached hydrogens (tertiary/aromatic N) is 1. The molecule has 0 aromatic carbocycles. The molecular formula is C7H11NO2. The fourth-order valence-corrected chi connectivity index (χ4v) is 0.578. The minimum atomic E-state index is -0.663. The number of nitriles is 1. The van der Waals surface area contributed by atoms with Gasteiger partial charge in [-0.1, -0.05) is 0 Å². The van der Waals surface area contributed by atoms with Crippen molar-refractivity contribution in [3.8, 4) is 6.07 Å². The number of hydrogen-bond acceptors (Lipinski definition) is 3. The number of ketones is 1. The van der Waals surface area contributed by atoms with Crippen molar-refractivity contribution < 1.29 is 9.53 Å². The zero-order valence-corrected chi connectivity index (χ0v) is 6.47. The maximum atomic E-state index is 10.8. The fourth-order valence-electron chi connectivity index (χ4n) is 0.578. The highest BCUT2D eigenvalue weighted by Crippen LogP contribution is 2.15. The molecule has 0 fully saturated rings. The minimum Gasteiger partial charge on any atom is -0.384 e. The monoisotopic (exact) mass is 141 g/mol. The predicted octanol–water partition coefficient (Wildman–Crippen LogP) is 0.752. The van der Waals surface area contributed by atoms with Gasteiger partial charge in [-0.25, -0.2) is 0 Å². The molecule has 0 spiro atoms. The quantitative estimate of drug-likeness (QED) is 0.545. The summed E-state index contributed by atoms with van der Waals surface area (Å²) in [5.74, 6) is -0.436. The Morgan fingerprint density at radius 2 is 2.20 bits per heavy atom. The van der Waals surface area contributed by atoms with Gasteiger partial charge in [0.25, 0.3) is 0 Å². The first-order chi connectivity index (χ1) is 4.54. The van der Waals surface area contributed by atoms with E-state index in [1.807, 2.05) is 0 Å². The molecule has 0 heterocycles. The normalized spacial score (nSPS) is 10.6. The summed E-state index contributed by atoms with van der Waals surface area (Å²) in [7, 11) is 1.51. The second kappa shape index (κ2) is 3.33. The molecule has 0 bridgehead atoms. The van der Waals surface area contributed by atoms with Crippen molar-refractivity contribution in [2.75, 3.05) is 13.7 Å². The van der Waals surface area contributed by atoms with Gasteiger partial charge in [-0.2, -0.15) is 5.26 Å². The Morgan fingerprint density at radius 1 is 1.70 bits per heavy atom. The predicted molar refractivity (Wildman–Crippen MR) is 36.3 cm³/mol. The Kier molecular flexibility index (Phi) is 3.04. The van der Waals surface area contributed by atoms with Crippen molar-refractivity contribution in [1.82, 2.24) is 0 Å². The maximum Gasteiger partial charge on any atom is 0.239 e. The van der Waals surface area contributed by atoms with Gasteiger partial charge >= 0.3 is 0 Å². The van der Waals surface area contributed by atoms with Crippen molar-refractivity contribution in [3.05, 3.63) is 0 Å². The largest absolute Gasteiger partial charge is 0.384 e. The summed E-state index contributed by atoms with van der Waals surface area (Å²) in [6, 6.07) is 1.57. The third-order valence-electron chi connectivity index (χ3n) is 1.22. The van der Waals surface area contributed by atoms with Gasteiger partial charge in [-0.15, -0.1) is 0 Å². The molecule has 0 aliphatic carbocycles. The highest BCUT2D eigenvalue weighted by atomic mass is 16.5. The number of ether oxygens (including phenoxy) is 1. The van der Waals surface area contributed by atoms with E-state index in [0.29, 0.717) is 6.61 Å². The second-order valence-corrected chi connectivity index (χ2v) is 2.76. The molecule has 0 saturated carbocycles. The maximum absolute atomic E-state index is 10.8. The first-order valence-corrected chi connectivity index (χ1v) is 2.98. The van der Waals surface area contributed by atoms with Crippen LogP contribution in [-0.4, -0.2) is 19.5 Å². The van der Waals surface area contributed by atoms with E-state index in [0.717, 1.165) is 0 Å². The molecule has 56 valence electrons. The highest BCUT2D eigenvalue weighted by molar-refractivity contribution is 5.97. The number of Topliss-reactive ketones (excluding diaryl/α,β-unsaturated/α-hetero) is 1. The van der Waals surface area contributed by atoms with Crippen LogP contribution in [0.15, 0.2) is 0 Å². The van der Waals surface area contributed by atoms with Crippen LogP contribution in [0.3, 0.4) is 0 Å². The lowest BCUT2D eigenvalue weighted by Gasteiger charge is -2.16. The van der Waals surface area contributed by atoms with E-state index in [9.17, 15) is 4.79 Å². The van der Waals surface area contributed by atoms with Gasteiger partial charge in [0, 0.05) is 7.11 Å². The molecule has 0 saturated heterocycles. The average Bonchev–Trinajstić information content (AvgIpc) is 1.86. The van der Waals surface area contributed by atoms with Crippen LogP contribution < -0.4 is 0 Å². The van der Waals surface area contributed by atoms with Crippen LogP contribution in [0.4, 0.5) is 0 Å². The van der Waals surface area contributed by atoms with Crippen molar-refractivity contribution in [3.63, 3.8) is 0 Å². The standard InChI is InChI=1S/C7H11NO2/c1-7(2,5-10-3)6(9)4-8/h5H2,1-3H3. The van der Waals surface area contributed by atoms with E-state index in [1.54, 1.807) is 19.9 Å². The number of carbonyl (C=O) groups excluding carboxylic acids is 1. The lowest BCUT2D eigenvalue weighted by Crippen LogP contribution is -2.27. The molecule has 0 aromatic rings. The molecule has 3 heteroatoms. The SMILES string of the molecule is COCC(C)(C)C(=O)C#N. The Morgan fingerprint density at radius 3 is 2.50 bits per heavy atom. The number of carbonyl (C=O) groups is 1. The van der Waals surface area contributed by atoms with Crippen LogP contribution in [0.25, 0.3) is 0 Å². The molecule has 0 unspecified atom stereocenters. The third-order valence-corrected chi connectivity index (χ3v) is 1.22. The molecule has 0 N–H and O–H groups in total. The summed E-state index contributed by atoms with van der Waals surface area (Å²) in [5.41, 5.74) is -0.663. The Bertz CT molecular complexity index is 167. The molecule has 10 heavy (non-hydrogen) atoms. The molecular weight excluding hydrogens is 130 g/mol. The number of methoxy groups -OCH3 is 1. The third kappa shape index (κ3) is 2.16. The van der Waals surface area contributed by atoms with E-state index in [1.165, 1.54) is 7.11 Å². The second-order valence-electron chi connectivity index (χ2n) is 2.76. The minimum absolute atomic E-state index is 0.291. The highest BCUT2D eigenvalue weighted by Gasteiger charge is 2.26. The summed E-state index contributed by atoms with van der Waals surface area (Å²) >= 11 is 0. The van der Waals surface area contributed by atoms with Crippen molar-refractivity contribution in [1.29, 1.82) is 5.26 Å². The lowest BCUT2D eigenvalue weighted by molar-refractivity contribution is -0.123. The zero-order valence-electron chi connectivity index (χ0n) is 6.47. The summed E-state index contributed by atoms with van der Waals surface area (Å²) < 4.78 is 4.76. The number of hydrogen-bond donors (Lipinski definition) is 0. The van der Waals surface area contributed by atoms with Crippen LogP contribution in [0, 0.1) is 16.7 Å². The van der Waals surface area contributed by atoms with Gasteiger partial charge in [0.15, 0.2) is 0 Å². The van der Waals surface area contributed by atoms with Gasteiger partial charge < -0.3 is 4.74 Å². The number of rotatable bonds is 3. The summed E-state index contributed by atoms with van der Waals surface area (Å²) in [5, 5.41) is 8.24. The van der Waals surface area contributed by atoms with Crippen LogP contribution in [0.5, 0.6) is 0 Å². The van der Waals surface area contributed by atoms with Crippen molar-refractivity contribution in [2.45, 2.75) is 13.8 Å². The van der Waals surface area contributed by atoms with Gasteiger partial charge in [0.1, 0.15) is 6.07 Å². The van der Waals surface area contributed by atoms with Crippen molar-refractivity contribution >= 4 is 5.78 Å². The summed E-state index contributed by atoms with van der Waals surface area (Å²) in [6.07, 6.45) is 0. The van der Waals surface area contributed by atoms with Gasteiger partial charge in [0.05, 0.1) is 12.0 Å². The molecule has 3 nitrogen and oxygen atoms in total. The average molecular weight is 141 g/mol. The molecule has 0 amide bonds. The van der Waals surface area contributed by atoms with E-state index >= 15 is 0 Å². The van der Waals surface area contributed by atoms with E-state index in [4.69, 9.17) is 10.00 Å². The van der Waals surface area contributed by atoms with Gasteiger partial charge in [-0.3, -0.25) is 4.79 Å². The van der Waals surface area contributed by atoms with Gasteiger partial charge in [0.2, 0.25) is 5.78 Å². The Hall–Kier alpha value is -0.880. The summed E-state index contributed by atoms with van der Waals surface area (Å²) in [6.45, 7) is 3.66. The first kappa shape index (κ1) is 9.12. The first-order valence-electron chi connectivity index (χ1n) is 2.98. The molecule has 0 atom stereocenters. The van der Waals surface area contributed by atoms with E-state index < -0.39 is 11.2 Å². The lowest BCUT2D eigenvalue weighted by atomic mass is 9.90. The van der Waals surface area contributed by atoms with E-state index in [2.05, 4.69) is 0 Å². The van der Waals surface area contributed by atoms with E-state index in [-0.39, 0.29) is 0 Å². The topological polar surface area (TPSA) is 50.1 Å². The fraction of sp³-hybridized carbons (Fsp3) is 0.714. The zero-order chi connectivity index (χ0) is 8.20. The van der Waals surface area contributed by atoms with Crippen LogP contribution in [-0.2, 0) is 9.53 Å². The smallest absolute Gasteiger partial charge is 0.239 e. The molecule has 0 rings (SSSR count).